The molecule has 0 saturated heterocycles. The van der Waals surface area contributed by atoms with E-state index in [1.54, 1.807) is 12.1 Å². The smallest absolute Gasteiger partial charge is 0.432 e. The van der Waals surface area contributed by atoms with Crippen LogP contribution in [0.3, 0.4) is 0 Å². The maximum absolute atomic E-state index is 12.6. The Morgan fingerprint density at radius 1 is 1.19 bits per heavy atom. The quantitative estimate of drug-likeness (QED) is 0.534. The third kappa shape index (κ3) is 3.43. The van der Waals surface area contributed by atoms with Crippen molar-refractivity contribution in [3.05, 3.63) is 53.9 Å². The molecule has 2 heterocycles. The number of alkyl halides is 3. The summed E-state index contributed by atoms with van der Waals surface area (Å²) in [5.41, 5.74) is 4.96. The van der Waals surface area contributed by atoms with Crippen molar-refractivity contribution in [1.29, 1.82) is 0 Å². The van der Waals surface area contributed by atoms with Crippen LogP contribution in [-0.4, -0.2) is 26.2 Å². The van der Waals surface area contributed by atoms with Gasteiger partial charge in [0, 0.05) is 5.56 Å². The predicted octanol–water partition coefficient (Wildman–Crippen LogP) is 3.03. The number of aromatic nitrogens is 3. The zero-order chi connectivity index (χ0) is 18.9. The molecule has 0 aliphatic rings. The molecule has 1 aromatic carbocycles. The number of anilines is 2. The van der Waals surface area contributed by atoms with Crippen LogP contribution in [0.4, 0.5) is 24.7 Å². The van der Waals surface area contributed by atoms with Gasteiger partial charge in [-0.15, -0.1) is 0 Å². The van der Waals surface area contributed by atoms with Crippen LogP contribution < -0.4 is 11.1 Å². The number of para-hydroxylation sites is 2. The summed E-state index contributed by atoms with van der Waals surface area (Å²) in [6.07, 6.45) is -4.56. The van der Waals surface area contributed by atoms with Gasteiger partial charge in [-0.25, -0.2) is 4.98 Å². The van der Waals surface area contributed by atoms with Crippen LogP contribution in [0, 0.1) is 0 Å². The van der Waals surface area contributed by atoms with Crippen LogP contribution in [-0.2, 0) is 6.18 Å². The lowest BCUT2D eigenvalue weighted by atomic mass is 10.1. The lowest BCUT2D eigenvalue weighted by molar-refractivity contribution is -0.141. The van der Waals surface area contributed by atoms with Crippen LogP contribution in [0.25, 0.3) is 11.3 Å². The number of aromatic hydroxyl groups is 1. The summed E-state index contributed by atoms with van der Waals surface area (Å²) in [5.74, 6) is -0.917. The minimum Gasteiger partial charge on any atom is -0.506 e. The molecule has 0 aliphatic heterocycles. The number of phenols is 1. The average Bonchev–Trinajstić information content (AvgIpc) is 3.07. The first kappa shape index (κ1) is 17.3. The van der Waals surface area contributed by atoms with Gasteiger partial charge in [0.2, 0.25) is 0 Å². The minimum absolute atomic E-state index is 0.0463. The van der Waals surface area contributed by atoms with Crippen LogP contribution in [0.1, 0.15) is 16.2 Å². The highest BCUT2D eigenvalue weighted by molar-refractivity contribution is 6.04. The Morgan fingerprint density at radius 3 is 2.54 bits per heavy atom. The van der Waals surface area contributed by atoms with Gasteiger partial charge in [0.1, 0.15) is 23.0 Å². The fourth-order valence-electron chi connectivity index (χ4n) is 2.19. The van der Waals surface area contributed by atoms with E-state index in [2.05, 4.69) is 15.4 Å². The number of H-pyrrole nitrogens is 1. The first-order chi connectivity index (χ1) is 12.3. The number of amides is 1. The number of aromatic amines is 1. The van der Waals surface area contributed by atoms with Gasteiger partial charge in [-0.05, 0) is 30.3 Å². The number of rotatable bonds is 3. The molecule has 0 atom stereocenters. The van der Waals surface area contributed by atoms with E-state index in [0.717, 1.165) is 6.07 Å². The molecule has 3 rings (SSSR count). The molecule has 0 unspecified atom stereocenters. The molecule has 3 aromatic rings. The number of carbonyl (C=O) groups is 1. The zero-order valence-electron chi connectivity index (χ0n) is 13.0. The van der Waals surface area contributed by atoms with Crippen molar-refractivity contribution in [2.75, 3.05) is 11.1 Å². The van der Waals surface area contributed by atoms with Crippen molar-refractivity contribution < 1.29 is 23.1 Å². The number of halogens is 3. The molecule has 0 saturated carbocycles. The second kappa shape index (κ2) is 6.39. The second-order valence-electron chi connectivity index (χ2n) is 5.27. The molecule has 0 fully saturated rings. The van der Waals surface area contributed by atoms with Gasteiger partial charge in [0.05, 0.1) is 11.4 Å². The number of nitrogen functional groups attached to an aromatic ring is 1. The SMILES string of the molecule is Nc1nc(C(=O)Nc2ccccc2O)ccc1-c1cc(C(F)(F)F)[nH]n1. The van der Waals surface area contributed by atoms with E-state index in [1.807, 2.05) is 5.10 Å². The van der Waals surface area contributed by atoms with Gasteiger partial charge in [0.15, 0.2) is 0 Å². The van der Waals surface area contributed by atoms with Gasteiger partial charge in [0.25, 0.3) is 5.91 Å². The van der Waals surface area contributed by atoms with E-state index in [4.69, 9.17) is 5.73 Å². The highest BCUT2D eigenvalue weighted by Crippen LogP contribution is 2.31. The zero-order valence-corrected chi connectivity index (χ0v) is 13.0. The molecule has 0 spiro atoms. The normalized spacial score (nSPS) is 11.3. The largest absolute Gasteiger partial charge is 0.506 e. The average molecular weight is 363 g/mol. The summed E-state index contributed by atoms with van der Waals surface area (Å²) >= 11 is 0. The number of hydrogen-bond acceptors (Lipinski definition) is 5. The lowest BCUT2D eigenvalue weighted by Gasteiger charge is -2.08. The highest BCUT2D eigenvalue weighted by atomic mass is 19.4. The summed E-state index contributed by atoms with van der Waals surface area (Å²) < 4.78 is 37.9. The van der Waals surface area contributed by atoms with Gasteiger partial charge in [-0.1, -0.05) is 12.1 Å². The lowest BCUT2D eigenvalue weighted by Crippen LogP contribution is -2.14. The van der Waals surface area contributed by atoms with Gasteiger partial charge in [-0.3, -0.25) is 9.89 Å². The Morgan fingerprint density at radius 2 is 1.92 bits per heavy atom. The molecule has 26 heavy (non-hydrogen) atoms. The molecule has 0 radical (unpaired) electrons. The molecule has 10 heteroatoms. The van der Waals surface area contributed by atoms with Crippen LogP contribution >= 0.6 is 0 Å². The number of phenolic OH excluding ortho intramolecular Hbond substituents is 1. The van der Waals surface area contributed by atoms with Gasteiger partial charge < -0.3 is 16.2 Å². The fourth-order valence-corrected chi connectivity index (χ4v) is 2.19. The fraction of sp³-hybridized carbons (Fsp3) is 0.0625. The van der Waals surface area contributed by atoms with Crippen molar-refractivity contribution in [1.82, 2.24) is 15.2 Å². The van der Waals surface area contributed by atoms with Crippen LogP contribution in [0.2, 0.25) is 0 Å². The molecule has 2 aromatic heterocycles. The summed E-state index contributed by atoms with van der Waals surface area (Å²) in [6, 6.07) is 9.55. The number of carbonyl (C=O) groups excluding carboxylic acids is 1. The molecule has 0 bridgehead atoms. The van der Waals surface area contributed by atoms with Crippen molar-refractivity contribution in [3.63, 3.8) is 0 Å². The molecule has 0 aliphatic carbocycles. The van der Waals surface area contributed by atoms with Crippen molar-refractivity contribution in [2.24, 2.45) is 0 Å². The summed E-state index contributed by atoms with van der Waals surface area (Å²) in [4.78, 5) is 16.1. The summed E-state index contributed by atoms with van der Waals surface area (Å²) in [6.45, 7) is 0. The number of nitrogens with two attached hydrogens (primary N) is 1. The number of hydrogen-bond donors (Lipinski definition) is 4. The van der Waals surface area contributed by atoms with Crippen molar-refractivity contribution in [3.8, 4) is 17.0 Å². The molecule has 7 nitrogen and oxygen atoms in total. The monoisotopic (exact) mass is 363 g/mol. The van der Waals surface area contributed by atoms with E-state index in [9.17, 15) is 23.1 Å². The minimum atomic E-state index is -4.56. The molecular formula is C16H12F3N5O2. The first-order valence-electron chi connectivity index (χ1n) is 7.24. The predicted molar refractivity (Wildman–Crippen MR) is 87.3 cm³/mol. The number of benzene rings is 1. The Bertz CT molecular complexity index is 969. The van der Waals surface area contributed by atoms with Crippen molar-refractivity contribution >= 4 is 17.4 Å². The van der Waals surface area contributed by atoms with E-state index in [-0.39, 0.29) is 34.2 Å². The number of pyridine rings is 1. The second-order valence-corrected chi connectivity index (χ2v) is 5.27. The topological polar surface area (TPSA) is 117 Å². The van der Waals surface area contributed by atoms with Crippen LogP contribution in [0.5, 0.6) is 5.75 Å². The van der Waals surface area contributed by atoms with E-state index >= 15 is 0 Å². The first-order valence-corrected chi connectivity index (χ1v) is 7.24. The Kier molecular flexibility index (Phi) is 4.24. The maximum Gasteiger partial charge on any atom is 0.432 e. The van der Waals surface area contributed by atoms with E-state index in [0.29, 0.717) is 0 Å². The number of nitrogens with one attached hydrogen (secondary N) is 2. The Balaban J connectivity index is 1.84. The Hall–Kier alpha value is -3.56. The van der Waals surface area contributed by atoms with Gasteiger partial charge >= 0.3 is 6.18 Å². The third-order valence-electron chi connectivity index (χ3n) is 3.47. The Labute approximate surface area is 144 Å². The van der Waals surface area contributed by atoms with E-state index in [1.165, 1.54) is 24.3 Å². The summed E-state index contributed by atoms with van der Waals surface area (Å²) in [5, 5.41) is 17.6. The maximum atomic E-state index is 12.6. The van der Waals surface area contributed by atoms with Crippen molar-refractivity contribution in [2.45, 2.75) is 6.18 Å². The molecule has 1 amide bonds. The van der Waals surface area contributed by atoms with Crippen LogP contribution in [0.15, 0.2) is 42.5 Å². The third-order valence-corrected chi connectivity index (χ3v) is 3.47. The molecule has 134 valence electrons. The number of nitrogens with zero attached hydrogens (tertiary/aromatic N) is 2. The molecule has 5 N–H and O–H groups in total. The van der Waals surface area contributed by atoms with E-state index < -0.39 is 17.8 Å². The highest BCUT2D eigenvalue weighted by Gasteiger charge is 2.33. The standard InChI is InChI=1S/C16H12F3N5O2/c17-16(18,19)13-7-11(23-24-13)8-5-6-10(21-14(8)20)15(26)22-9-3-1-2-4-12(9)25/h1-7,25H,(H2,20,21)(H,22,26)(H,23,24). The van der Waals surface area contributed by atoms with Gasteiger partial charge in [-0.2, -0.15) is 18.3 Å². The summed E-state index contributed by atoms with van der Waals surface area (Å²) in [7, 11) is 0. The molecular weight excluding hydrogens is 351 g/mol.